The van der Waals surface area contributed by atoms with Gasteiger partial charge >= 0.3 is 0 Å². The van der Waals surface area contributed by atoms with Gasteiger partial charge in [-0.2, -0.15) is 5.10 Å². The number of aromatic nitrogens is 4. The van der Waals surface area contributed by atoms with Crippen molar-refractivity contribution >= 4 is 31.0 Å². The van der Waals surface area contributed by atoms with E-state index in [0.717, 1.165) is 42.4 Å². The van der Waals surface area contributed by atoms with Crippen LogP contribution in [-0.2, 0) is 0 Å². The molecular weight excluding hydrogens is 382 g/mol. The van der Waals surface area contributed by atoms with Crippen LogP contribution in [0.3, 0.4) is 0 Å². The van der Waals surface area contributed by atoms with E-state index in [9.17, 15) is 4.39 Å². The standard InChI is InChI=1S/C18H20FN6PS/c19-14-13(2-1-12(15(14)26)11-7-21-22-8-11)16-23-24-17(27-16)25-9-18(10-25)3-5-20-6-4-18/h1-2,7-8,20H,3-6,9-10,26H2,(H,21,22). The average Bonchev–Trinajstić information content (AvgIpc) is 3.34. The van der Waals surface area contributed by atoms with E-state index in [0.29, 0.717) is 21.3 Å². The third kappa shape index (κ3) is 2.96. The van der Waals surface area contributed by atoms with Gasteiger partial charge in [0, 0.05) is 41.1 Å². The molecular formula is C18H20FN6PS. The van der Waals surface area contributed by atoms with E-state index in [1.807, 2.05) is 6.07 Å². The van der Waals surface area contributed by atoms with E-state index < -0.39 is 0 Å². The van der Waals surface area contributed by atoms with Crippen LogP contribution >= 0.6 is 20.6 Å². The van der Waals surface area contributed by atoms with Crippen molar-refractivity contribution in [3.05, 3.63) is 30.3 Å². The minimum absolute atomic E-state index is 0.278. The highest BCUT2D eigenvalue weighted by atomic mass is 32.1. The SMILES string of the molecule is Fc1c(-c2nnc(N3CC4(CCNCC4)C3)s2)ccc(-c2cn[nH]c2)c1P. The fraction of sp³-hybridized carbons (Fsp3) is 0.389. The molecule has 0 radical (unpaired) electrons. The molecule has 6 nitrogen and oxygen atoms in total. The van der Waals surface area contributed by atoms with E-state index in [1.165, 1.54) is 24.2 Å². The average molecular weight is 402 g/mol. The van der Waals surface area contributed by atoms with Gasteiger partial charge < -0.3 is 10.2 Å². The Labute approximate surface area is 162 Å². The Morgan fingerprint density at radius 3 is 2.67 bits per heavy atom. The molecule has 1 spiro atoms. The summed E-state index contributed by atoms with van der Waals surface area (Å²) in [4.78, 5) is 2.27. The van der Waals surface area contributed by atoms with Gasteiger partial charge in [-0.3, -0.25) is 5.10 Å². The lowest BCUT2D eigenvalue weighted by Crippen LogP contribution is -2.60. The minimum Gasteiger partial charge on any atom is -0.345 e. The Morgan fingerprint density at radius 2 is 1.93 bits per heavy atom. The van der Waals surface area contributed by atoms with Crippen LogP contribution in [0.15, 0.2) is 24.5 Å². The highest BCUT2D eigenvalue weighted by Crippen LogP contribution is 2.43. The lowest BCUT2D eigenvalue weighted by molar-refractivity contribution is 0.149. The van der Waals surface area contributed by atoms with E-state index in [2.05, 4.69) is 39.9 Å². The first-order valence-electron chi connectivity index (χ1n) is 9.02. The maximum atomic E-state index is 15.0. The zero-order valence-corrected chi connectivity index (χ0v) is 16.7. The maximum absolute atomic E-state index is 15.0. The van der Waals surface area contributed by atoms with Crippen LogP contribution in [0.5, 0.6) is 0 Å². The van der Waals surface area contributed by atoms with Crippen molar-refractivity contribution in [3.63, 3.8) is 0 Å². The Bertz CT molecular complexity index is 958. The summed E-state index contributed by atoms with van der Waals surface area (Å²) in [6.45, 7) is 4.25. The van der Waals surface area contributed by atoms with Gasteiger partial charge in [0.25, 0.3) is 0 Å². The second kappa shape index (κ2) is 6.62. The van der Waals surface area contributed by atoms with Gasteiger partial charge in [-0.15, -0.1) is 19.4 Å². The topological polar surface area (TPSA) is 69.7 Å². The van der Waals surface area contributed by atoms with Crippen LogP contribution in [0.4, 0.5) is 9.52 Å². The number of nitrogens with zero attached hydrogens (tertiary/aromatic N) is 4. The number of benzene rings is 1. The number of nitrogens with one attached hydrogen (secondary N) is 2. The molecule has 2 N–H and O–H groups in total. The van der Waals surface area contributed by atoms with Crippen LogP contribution in [0, 0.1) is 11.2 Å². The molecule has 2 aromatic heterocycles. The second-order valence-corrected chi connectivity index (χ2v) is 8.90. The van der Waals surface area contributed by atoms with Crippen molar-refractivity contribution in [1.82, 2.24) is 25.7 Å². The van der Waals surface area contributed by atoms with Crippen molar-refractivity contribution in [2.24, 2.45) is 5.41 Å². The summed E-state index contributed by atoms with van der Waals surface area (Å²) in [5, 5.41) is 20.7. The highest BCUT2D eigenvalue weighted by molar-refractivity contribution is 7.28. The maximum Gasteiger partial charge on any atom is 0.208 e. The van der Waals surface area contributed by atoms with Crippen LogP contribution in [-0.4, -0.2) is 46.6 Å². The van der Waals surface area contributed by atoms with Crippen molar-refractivity contribution < 1.29 is 4.39 Å². The van der Waals surface area contributed by atoms with Crippen molar-refractivity contribution in [2.75, 3.05) is 31.1 Å². The van der Waals surface area contributed by atoms with E-state index in [4.69, 9.17) is 0 Å². The summed E-state index contributed by atoms with van der Waals surface area (Å²) < 4.78 is 15.0. The van der Waals surface area contributed by atoms with Gasteiger partial charge in [0.1, 0.15) is 5.82 Å². The molecule has 2 aliphatic heterocycles. The van der Waals surface area contributed by atoms with Crippen LogP contribution in [0.2, 0.25) is 0 Å². The molecule has 2 aliphatic rings. The number of piperidine rings is 1. The molecule has 1 aromatic carbocycles. The molecule has 1 atom stereocenters. The van der Waals surface area contributed by atoms with Crippen molar-refractivity contribution in [1.29, 1.82) is 0 Å². The lowest BCUT2D eigenvalue weighted by Gasteiger charge is -2.52. The summed E-state index contributed by atoms with van der Waals surface area (Å²) >= 11 is 1.46. The van der Waals surface area contributed by atoms with Crippen LogP contribution in [0.1, 0.15) is 12.8 Å². The molecule has 0 aliphatic carbocycles. The number of aromatic amines is 1. The largest absolute Gasteiger partial charge is 0.345 e. The Morgan fingerprint density at radius 1 is 1.15 bits per heavy atom. The van der Waals surface area contributed by atoms with E-state index in [-0.39, 0.29) is 5.82 Å². The first-order valence-corrected chi connectivity index (χ1v) is 10.4. The fourth-order valence-corrected chi connectivity index (χ4v) is 5.31. The Kier molecular flexibility index (Phi) is 4.22. The zero-order valence-electron chi connectivity index (χ0n) is 14.7. The van der Waals surface area contributed by atoms with Crippen LogP contribution < -0.4 is 15.5 Å². The Balaban J connectivity index is 1.38. The van der Waals surface area contributed by atoms with Crippen LogP contribution in [0.25, 0.3) is 21.7 Å². The van der Waals surface area contributed by atoms with Gasteiger partial charge in [-0.1, -0.05) is 17.4 Å². The summed E-state index contributed by atoms with van der Waals surface area (Å²) in [7, 11) is 2.50. The van der Waals surface area contributed by atoms with Gasteiger partial charge in [0.05, 0.1) is 6.20 Å². The molecule has 0 saturated carbocycles. The molecule has 5 rings (SSSR count). The predicted octanol–water partition coefficient (Wildman–Crippen LogP) is 2.42. The number of rotatable bonds is 3. The minimum atomic E-state index is -0.278. The summed E-state index contributed by atoms with van der Waals surface area (Å²) in [5.74, 6) is -0.278. The quantitative estimate of drug-likeness (QED) is 0.659. The van der Waals surface area contributed by atoms with E-state index >= 15 is 0 Å². The first kappa shape index (κ1) is 17.2. The van der Waals surface area contributed by atoms with Gasteiger partial charge in [0.2, 0.25) is 5.13 Å². The number of hydrogen-bond acceptors (Lipinski definition) is 6. The monoisotopic (exact) mass is 402 g/mol. The second-order valence-electron chi connectivity index (χ2n) is 7.37. The number of hydrogen-bond donors (Lipinski definition) is 2. The molecule has 3 aromatic rings. The van der Waals surface area contributed by atoms with Gasteiger partial charge in [0.15, 0.2) is 5.01 Å². The summed E-state index contributed by atoms with van der Waals surface area (Å²) in [5.41, 5.74) is 2.58. The summed E-state index contributed by atoms with van der Waals surface area (Å²) in [6, 6.07) is 3.68. The molecule has 140 valence electrons. The molecule has 1 unspecified atom stereocenters. The number of anilines is 1. The first-order chi connectivity index (χ1) is 13.2. The van der Waals surface area contributed by atoms with Gasteiger partial charge in [-0.05, 0) is 37.6 Å². The Hall–Kier alpha value is -1.89. The van der Waals surface area contributed by atoms with Gasteiger partial charge in [-0.25, -0.2) is 4.39 Å². The molecule has 0 bridgehead atoms. The molecule has 4 heterocycles. The highest BCUT2D eigenvalue weighted by Gasteiger charge is 2.44. The lowest BCUT2D eigenvalue weighted by atomic mass is 9.73. The normalized spacial score (nSPS) is 18.7. The molecule has 0 amide bonds. The molecule has 9 heteroatoms. The molecule has 2 fully saturated rings. The number of H-pyrrole nitrogens is 1. The predicted molar refractivity (Wildman–Crippen MR) is 109 cm³/mol. The zero-order chi connectivity index (χ0) is 18.4. The smallest absolute Gasteiger partial charge is 0.208 e. The van der Waals surface area contributed by atoms with Crippen molar-refractivity contribution in [3.8, 4) is 21.7 Å². The van der Waals surface area contributed by atoms with E-state index in [1.54, 1.807) is 18.5 Å². The third-order valence-electron chi connectivity index (χ3n) is 5.62. The third-order valence-corrected chi connectivity index (χ3v) is 7.20. The number of halogens is 1. The summed E-state index contributed by atoms with van der Waals surface area (Å²) in [6.07, 6.45) is 5.88. The molecule has 27 heavy (non-hydrogen) atoms. The van der Waals surface area contributed by atoms with Crippen molar-refractivity contribution in [2.45, 2.75) is 12.8 Å². The molecule has 2 saturated heterocycles. The fourth-order valence-electron chi connectivity index (χ4n) is 4.03.